The monoisotopic (exact) mass is 265 g/mol. The maximum absolute atomic E-state index is 11.4. The molecule has 0 bridgehead atoms. The molecule has 0 fully saturated rings. The number of carbonyl (C=O) groups is 3. The average molecular weight is 266 g/mol. The van der Waals surface area contributed by atoms with Crippen LogP contribution < -0.4 is 0 Å². The Morgan fingerprint density at radius 2 is 1.41 bits per heavy atom. The number of amides is 1. The first-order valence-electron chi connectivity index (χ1n) is 5.20. The Kier molecular flexibility index (Phi) is 8.13. The highest BCUT2D eigenvalue weighted by Gasteiger charge is 2.20. The van der Waals surface area contributed by atoms with Crippen LogP contribution in [0, 0.1) is 0 Å². The van der Waals surface area contributed by atoms with E-state index >= 15 is 0 Å². The Bertz CT molecular complexity index is 262. The van der Waals surface area contributed by atoms with Crippen molar-refractivity contribution in [3.8, 4) is 0 Å². The van der Waals surface area contributed by atoms with E-state index in [1.165, 1.54) is 0 Å². The molecule has 1 amide bonds. The van der Waals surface area contributed by atoms with Crippen LogP contribution >= 0.6 is 11.6 Å². The summed E-state index contributed by atoms with van der Waals surface area (Å²) in [5, 5.41) is 0. The second-order valence-corrected chi connectivity index (χ2v) is 3.26. The SMILES string of the molecule is CCOC(=O)CN(CC(=O)OCC)C(=O)CCl. The molecule has 7 heteroatoms. The van der Waals surface area contributed by atoms with Crippen LogP contribution in [0.2, 0.25) is 0 Å². The van der Waals surface area contributed by atoms with Crippen LogP contribution in [0.5, 0.6) is 0 Å². The van der Waals surface area contributed by atoms with E-state index in [1.54, 1.807) is 13.8 Å². The van der Waals surface area contributed by atoms with Crippen molar-refractivity contribution < 1.29 is 23.9 Å². The molecule has 0 aliphatic carbocycles. The predicted octanol–water partition coefficient (Wildman–Crippen LogP) is 0.180. The van der Waals surface area contributed by atoms with Crippen LogP contribution in [0.1, 0.15) is 13.8 Å². The molecule has 0 aliphatic rings. The minimum Gasteiger partial charge on any atom is -0.465 e. The molecule has 0 N–H and O–H groups in total. The molecule has 0 rings (SSSR count). The number of rotatable bonds is 7. The molecular weight excluding hydrogens is 250 g/mol. The summed E-state index contributed by atoms with van der Waals surface area (Å²) in [4.78, 5) is 34.8. The highest BCUT2D eigenvalue weighted by atomic mass is 35.5. The Labute approximate surface area is 105 Å². The van der Waals surface area contributed by atoms with Gasteiger partial charge in [0.25, 0.3) is 0 Å². The third-order valence-corrected chi connectivity index (χ3v) is 1.95. The third kappa shape index (κ3) is 6.78. The smallest absolute Gasteiger partial charge is 0.325 e. The average Bonchev–Trinajstić information content (AvgIpc) is 2.27. The fraction of sp³-hybridized carbons (Fsp3) is 0.700. The van der Waals surface area contributed by atoms with Crippen molar-refractivity contribution in [2.75, 3.05) is 32.2 Å². The van der Waals surface area contributed by atoms with Gasteiger partial charge in [0.1, 0.15) is 19.0 Å². The Balaban J connectivity index is 4.38. The van der Waals surface area contributed by atoms with Crippen molar-refractivity contribution in [1.29, 1.82) is 0 Å². The van der Waals surface area contributed by atoms with Crippen LogP contribution in [-0.2, 0) is 23.9 Å². The van der Waals surface area contributed by atoms with Crippen molar-refractivity contribution in [3.05, 3.63) is 0 Å². The van der Waals surface area contributed by atoms with Gasteiger partial charge in [-0.2, -0.15) is 0 Å². The highest BCUT2D eigenvalue weighted by molar-refractivity contribution is 6.27. The van der Waals surface area contributed by atoms with Gasteiger partial charge in [0.05, 0.1) is 13.2 Å². The van der Waals surface area contributed by atoms with Gasteiger partial charge in [-0.05, 0) is 13.8 Å². The molecule has 0 saturated carbocycles. The van der Waals surface area contributed by atoms with Gasteiger partial charge in [-0.1, -0.05) is 0 Å². The van der Waals surface area contributed by atoms with Crippen molar-refractivity contribution in [1.82, 2.24) is 4.90 Å². The van der Waals surface area contributed by atoms with Gasteiger partial charge in [-0.15, -0.1) is 11.6 Å². The largest absolute Gasteiger partial charge is 0.465 e. The topological polar surface area (TPSA) is 72.9 Å². The molecule has 0 unspecified atom stereocenters. The summed E-state index contributed by atoms with van der Waals surface area (Å²) in [5.41, 5.74) is 0. The fourth-order valence-corrected chi connectivity index (χ4v) is 1.21. The summed E-state index contributed by atoms with van der Waals surface area (Å²) in [6, 6.07) is 0. The third-order valence-electron chi connectivity index (χ3n) is 1.72. The molecule has 0 atom stereocenters. The molecule has 0 aliphatic heterocycles. The molecule has 6 nitrogen and oxygen atoms in total. The van der Waals surface area contributed by atoms with Crippen molar-refractivity contribution in [3.63, 3.8) is 0 Å². The van der Waals surface area contributed by atoms with Gasteiger partial charge in [0.15, 0.2) is 0 Å². The number of carbonyl (C=O) groups excluding carboxylic acids is 3. The maximum atomic E-state index is 11.4. The summed E-state index contributed by atoms with van der Waals surface area (Å²) in [7, 11) is 0. The van der Waals surface area contributed by atoms with E-state index in [0.29, 0.717) is 0 Å². The van der Waals surface area contributed by atoms with Crippen molar-refractivity contribution in [2.24, 2.45) is 0 Å². The molecule has 0 heterocycles. The van der Waals surface area contributed by atoms with Crippen molar-refractivity contribution >= 4 is 29.4 Å². The first-order chi connectivity index (χ1) is 8.04. The molecule has 0 aromatic carbocycles. The summed E-state index contributed by atoms with van der Waals surface area (Å²) >= 11 is 5.37. The number of nitrogens with zero attached hydrogens (tertiary/aromatic N) is 1. The zero-order chi connectivity index (χ0) is 13.3. The van der Waals surface area contributed by atoms with Gasteiger partial charge in [-0.3, -0.25) is 14.4 Å². The van der Waals surface area contributed by atoms with Gasteiger partial charge in [0.2, 0.25) is 5.91 Å². The number of ether oxygens (including phenoxy) is 2. The molecule has 98 valence electrons. The van der Waals surface area contributed by atoms with Gasteiger partial charge >= 0.3 is 11.9 Å². The zero-order valence-electron chi connectivity index (χ0n) is 9.90. The summed E-state index contributed by atoms with van der Waals surface area (Å²) < 4.78 is 9.36. The molecule has 17 heavy (non-hydrogen) atoms. The second-order valence-electron chi connectivity index (χ2n) is 2.99. The molecule has 0 aromatic rings. The standard InChI is InChI=1S/C10H16ClNO5/c1-3-16-9(14)6-12(8(13)5-11)7-10(15)17-4-2/h3-7H2,1-2H3. The minimum absolute atomic E-state index is 0.209. The molecule has 0 saturated heterocycles. The summed E-state index contributed by atoms with van der Waals surface area (Å²) in [5.74, 6) is -2.00. The fourth-order valence-electron chi connectivity index (χ4n) is 1.04. The predicted molar refractivity (Wildman–Crippen MR) is 60.6 cm³/mol. The van der Waals surface area contributed by atoms with E-state index in [4.69, 9.17) is 11.6 Å². The Morgan fingerprint density at radius 3 is 1.71 bits per heavy atom. The van der Waals surface area contributed by atoms with Crippen molar-refractivity contribution in [2.45, 2.75) is 13.8 Å². The lowest BCUT2D eigenvalue weighted by molar-refractivity contribution is -0.153. The van der Waals surface area contributed by atoms with E-state index in [-0.39, 0.29) is 32.2 Å². The van der Waals surface area contributed by atoms with E-state index in [9.17, 15) is 14.4 Å². The van der Waals surface area contributed by atoms with E-state index in [0.717, 1.165) is 4.90 Å². The first-order valence-corrected chi connectivity index (χ1v) is 5.73. The number of esters is 2. The van der Waals surface area contributed by atoms with Crippen LogP contribution in [0.3, 0.4) is 0 Å². The van der Waals surface area contributed by atoms with Gasteiger partial charge in [-0.25, -0.2) is 0 Å². The first kappa shape index (κ1) is 15.7. The van der Waals surface area contributed by atoms with Crippen LogP contribution in [0.15, 0.2) is 0 Å². The Hall–Kier alpha value is -1.30. The molecular formula is C10H16ClNO5. The van der Waals surface area contributed by atoms with Gasteiger partial charge < -0.3 is 14.4 Å². The van der Waals surface area contributed by atoms with Crippen LogP contribution in [0.4, 0.5) is 0 Å². The maximum Gasteiger partial charge on any atom is 0.325 e. The van der Waals surface area contributed by atoms with E-state index in [2.05, 4.69) is 9.47 Å². The minimum atomic E-state index is -0.588. The molecule has 0 aromatic heterocycles. The molecule has 0 radical (unpaired) electrons. The number of hydrogen-bond acceptors (Lipinski definition) is 5. The molecule has 0 spiro atoms. The van der Waals surface area contributed by atoms with E-state index in [1.807, 2.05) is 0 Å². The Morgan fingerprint density at radius 1 is 1.00 bits per heavy atom. The van der Waals surface area contributed by atoms with Crippen LogP contribution in [0.25, 0.3) is 0 Å². The highest BCUT2D eigenvalue weighted by Crippen LogP contribution is 1.96. The number of alkyl halides is 1. The van der Waals surface area contributed by atoms with E-state index < -0.39 is 17.8 Å². The van der Waals surface area contributed by atoms with Gasteiger partial charge in [0, 0.05) is 0 Å². The number of halogens is 1. The van der Waals surface area contributed by atoms with Crippen LogP contribution in [-0.4, -0.2) is 54.9 Å². The summed E-state index contributed by atoms with van der Waals surface area (Å²) in [6.45, 7) is 3.10. The lowest BCUT2D eigenvalue weighted by Gasteiger charge is -2.19. The lowest BCUT2D eigenvalue weighted by Crippen LogP contribution is -2.41. The number of hydrogen-bond donors (Lipinski definition) is 0. The summed E-state index contributed by atoms with van der Waals surface area (Å²) in [6.07, 6.45) is 0. The zero-order valence-corrected chi connectivity index (χ0v) is 10.7. The lowest BCUT2D eigenvalue weighted by atomic mass is 10.4. The second kappa shape index (κ2) is 8.81. The normalized spacial score (nSPS) is 9.59. The quantitative estimate of drug-likeness (QED) is 0.485.